The van der Waals surface area contributed by atoms with E-state index in [1.54, 1.807) is 0 Å². The second kappa shape index (κ2) is 3.91. The van der Waals surface area contributed by atoms with Crippen molar-refractivity contribution >= 4 is 11.6 Å². The van der Waals surface area contributed by atoms with Gasteiger partial charge in [0.05, 0.1) is 12.0 Å². The molecule has 1 aliphatic rings. The van der Waals surface area contributed by atoms with Crippen molar-refractivity contribution in [1.82, 2.24) is 0 Å². The van der Waals surface area contributed by atoms with Gasteiger partial charge in [0.2, 0.25) is 5.91 Å². The maximum atomic E-state index is 11.9. The Kier molecular flexibility index (Phi) is 2.72. The molecule has 0 aliphatic heterocycles. The minimum atomic E-state index is -0.504. The lowest BCUT2D eigenvalue weighted by atomic mass is 10.1. The molecule has 1 amide bonds. The number of amides is 1. The summed E-state index contributed by atoms with van der Waals surface area (Å²) in [6, 6.07) is 5.84. The van der Waals surface area contributed by atoms with Gasteiger partial charge < -0.3 is 10.4 Å². The first kappa shape index (κ1) is 11.1. The Hall–Kier alpha value is -1.35. The topological polar surface area (TPSA) is 49.3 Å². The summed E-state index contributed by atoms with van der Waals surface area (Å²) < 4.78 is 0. The number of aliphatic hydroxyl groups is 1. The Bertz CT molecular complexity index is 422. The molecule has 1 saturated carbocycles. The van der Waals surface area contributed by atoms with E-state index in [4.69, 9.17) is 5.11 Å². The summed E-state index contributed by atoms with van der Waals surface area (Å²) in [5.74, 6) is -0.0521. The number of hydrogen-bond donors (Lipinski definition) is 2. The first-order chi connectivity index (χ1) is 7.59. The predicted octanol–water partition coefficient (Wildman–Crippen LogP) is 2.01. The minimum Gasteiger partial charge on any atom is -0.395 e. The highest BCUT2D eigenvalue weighted by Gasteiger charge is 2.49. The molecule has 2 N–H and O–H groups in total. The molecule has 0 unspecified atom stereocenters. The van der Waals surface area contributed by atoms with Crippen LogP contribution >= 0.6 is 0 Å². The number of carbonyl (C=O) groups excluding carboxylic acids is 1. The SMILES string of the molecule is Cc1cccc(NC(=O)C2(CO)CC2)c1C. The van der Waals surface area contributed by atoms with Gasteiger partial charge in [0.25, 0.3) is 0 Å². The molecule has 3 heteroatoms. The summed E-state index contributed by atoms with van der Waals surface area (Å²) in [4.78, 5) is 11.9. The number of anilines is 1. The zero-order chi connectivity index (χ0) is 11.8. The van der Waals surface area contributed by atoms with Crippen LogP contribution in [-0.2, 0) is 4.79 Å². The van der Waals surface area contributed by atoms with Crippen LogP contribution in [0.25, 0.3) is 0 Å². The third-order valence-electron chi connectivity index (χ3n) is 3.49. The number of aryl methyl sites for hydroxylation is 1. The van der Waals surface area contributed by atoms with E-state index in [0.29, 0.717) is 0 Å². The molecule has 2 rings (SSSR count). The van der Waals surface area contributed by atoms with Crippen LogP contribution in [0.1, 0.15) is 24.0 Å². The van der Waals surface area contributed by atoms with Gasteiger partial charge in [0, 0.05) is 5.69 Å². The molecule has 86 valence electrons. The Morgan fingerprint density at radius 2 is 2.12 bits per heavy atom. The third kappa shape index (κ3) is 1.83. The second-order valence-corrected chi connectivity index (χ2v) is 4.64. The Morgan fingerprint density at radius 3 is 2.69 bits per heavy atom. The highest BCUT2D eigenvalue weighted by Crippen LogP contribution is 2.46. The van der Waals surface area contributed by atoms with Crippen LogP contribution < -0.4 is 5.32 Å². The lowest BCUT2D eigenvalue weighted by Crippen LogP contribution is -2.27. The molecule has 0 aromatic heterocycles. The van der Waals surface area contributed by atoms with E-state index in [9.17, 15) is 4.79 Å². The van der Waals surface area contributed by atoms with E-state index < -0.39 is 5.41 Å². The van der Waals surface area contributed by atoms with Crippen molar-refractivity contribution < 1.29 is 9.90 Å². The molecular formula is C13H17NO2. The van der Waals surface area contributed by atoms with Crippen LogP contribution in [0.15, 0.2) is 18.2 Å². The van der Waals surface area contributed by atoms with Crippen LogP contribution in [0, 0.1) is 19.3 Å². The Morgan fingerprint density at radius 1 is 1.44 bits per heavy atom. The zero-order valence-corrected chi connectivity index (χ0v) is 9.71. The second-order valence-electron chi connectivity index (χ2n) is 4.64. The van der Waals surface area contributed by atoms with E-state index in [0.717, 1.165) is 29.7 Å². The third-order valence-corrected chi connectivity index (χ3v) is 3.49. The fourth-order valence-electron chi connectivity index (χ4n) is 1.75. The van der Waals surface area contributed by atoms with E-state index >= 15 is 0 Å². The van der Waals surface area contributed by atoms with Gasteiger partial charge in [0.1, 0.15) is 0 Å². The Labute approximate surface area is 95.5 Å². The normalized spacial score (nSPS) is 16.9. The highest BCUT2D eigenvalue weighted by molar-refractivity contribution is 5.97. The van der Waals surface area contributed by atoms with Gasteiger partial charge in [-0.05, 0) is 43.9 Å². The average Bonchev–Trinajstić information content (AvgIpc) is 3.05. The first-order valence-electron chi connectivity index (χ1n) is 5.58. The maximum absolute atomic E-state index is 11.9. The van der Waals surface area contributed by atoms with Gasteiger partial charge >= 0.3 is 0 Å². The fraction of sp³-hybridized carbons (Fsp3) is 0.462. The number of benzene rings is 1. The molecule has 1 aromatic carbocycles. The van der Waals surface area contributed by atoms with Gasteiger partial charge in [-0.2, -0.15) is 0 Å². The summed E-state index contributed by atoms with van der Waals surface area (Å²) in [5.41, 5.74) is 2.59. The van der Waals surface area contributed by atoms with Gasteiger partial charge in [-0.15, -0.1) is 0 Å². The largest absolute Gasteiger partial charge is 0.395 e. The standard InChI is InChI=1S/C13H17NO2/c1-9-4-3-5-11(10(9)2)14-12(16)13(8-15)6-7-13/h3-5,15H,6-8H2,1-2H3,(H,14,16). The minimum absolute atomic E-state index is 0.0519. The van der Waals surface area contributed by atoms with Crippen molar-refractivity contribution in [2.45, 2.75) is 26.7 Å². The van der Waals surface area contributed by atoms with Gasteiger partial charge in [-0.25, -0.2) is 0 Å². The molecule has 3 nitrogen and oxygen atoms in total. The van der Waals surface area contributed by atoms with Crippen LogP contribution in [0.2, 0.25) is 0 Å². The smallest absolute Gasteiger partial charge is 0.232 e. The van der Waals surface area contributed by atoms with Crippen LogP contribution in [0.4, 0.5) is 5.69 Å². The number of nitrogens with one attached hydrogen (secondary N) is 1. The molecule has 0 saturated heterocycles. The van der Waals surface area contributed by atoms with Crippen molar-refractivity contribution in [1.29, 1.82) is 0 Å². The van der Waals surface area contributed by atoms with Gasteiger partial charge in [-0.1, -0.05) is 12.1 Å². The zero-order valence-electron chi connectivity index (χ0n) is 9.71. The summed E-state index contributed by atoms with van der Waals surface area (Å²) in [6.07, 6.45) is 1.58. The number of hydrogen-bond acceptors (Lipinski definition) is 2. The van der Waals surface area contributed by atoms with E-state index in [1.807, 2.05) is 32.0 Å². The fourth-order valence-corrected chi connectivity index (χ4v) is 1.75. The lowest BCUT2D eigenvalue weighted by Gasteiger charge is -2.14. The molecule has 0 bridgehead atoms. The monoisotopic (exact) mass is 219 g/mol. The van der Waals surface area contributed by atoms with Crippen molar-refractivity contribution in [3.63, 3.8) is 0 Å². The summed E-state index contributed by atoms with van der Waals surface area (Å²) >= 11 is 0. The van der Waals surface area contributed by atoms with E-state index in [2.05, 4.69) is 5.32 Å². The molecule has 16 heavy (non-hydrogen) atoms. The predicted molar refractivity (Wildman–Crippen MR) is 63.3 cm³/mol. The lowest BCUT2D eigenvalue weighted by molar-refractivity contribution is -0.122. The molecule has 1 aromatic rings. The van der Waals surface area contributed by atoms with Crippen molar-refractivity contribution in [2.24, 2.45) is 5.41 Å². The molecule has 0 heterocycles. The molecule has 0 atom stereocenters. The van der Waals surface area contributed by atoms with Gasteiger partial charge in [-0.3, -0.25) is 4.79 Å². The quantitative estimate of drug-likeness (QED) is 0.817. The van der Waals surface area contributed by atoms with Crippen molar-refractivity contribution in [3.8, 4) is 0 Å². The van der Waals surface area contributed by atoms with Crippen molar-refractivity contribution in [2.75, 3.05) is 11.9 Å². The van der Waals surface area contributed by atoms with Crippen LogP contribution in [-0.4, -0.2) is 17.6 Å². The number of rotatable bonds is 3. The maximum Gasteiger partial charge on any atom is 0.232 e. The summed E-state index contributed by atoms with van der Waals surface area (Å²) in [5, 5.41) is 12.1. The summed E-state index contributed by atoms with van der Waals surface area (Å²) in [7, 11) is 0. The van der Waals surface area contributed by atoms with Crippen LogP contribution in [0.5, 0.6) is 0 Å². The molecule has 0 radical (unpaired) electrons. The molecular weight excluding hydrogens is 202 g/mol. The number of aliphatic hydroxyl groups excluding tert-OH is 1. The Balaban J connectivity index is 2.15. The van der Waals surface area contributed by atoms with Gasteiger partial charge in [0.15, 0.2) is 0 Å². The first-order valence-corrected chi connectivity index (χ1v) is 5.58. The average molecular weight is 219 g/mol. The number of carbonyl (C=O) groups is 1. The van der Waals surface area contributed by atoms with E-state index in [1.165, 1.54) is 0 Å². The van der Waals surface area contributed by atoms with Crippen LogP contribution in [0.3, 0.4) is 0 Å². The summed E-state index contributed by atoms with van der Waals surface area (Å²) in [6.45, 7) is 3.96. The molecule has 1 aliphatic carbocycles. The molecule has 1 fully saturated rings. The molecule has 0 spiro atoms. The van der Waals surface area contributed by atoms with Crippen molar-refractivity contribution in [3.05, 3.63) is 29.3 Å². The highest BCUT2D eigenvalue weighted by atomic mass is 16.3. The van der Waals surface area contributed by atoms with E-state index in [-0.39, 0.29) is 12.5 Å².